The van der Waals surface area contributed by atoms with E-state index >= 15 is 0 Å². The second kappa shape index (κ2) is 48.2. The molecule has 0 aliphatic heterocycles. The van der Waals surface area contributed by atoms with Gasteiger partial charge < -0.3 is 15.5 Å². The third-order valence-electron chi connectivity index (χ3n) is 11.9. The van der Waals surface area contributed by atoms with Gasteiger partial charge in [0.05, 0.1) is 18.8 Å². The third kappa shape index (κ3) is 44.0. The second-order valence-corrected chi connectivity index (χ2v) is 17.6. The van der Waals surface area contributed by atoms with E-state index in [2.05, 4.69) is 31.3 Å². The fourth-order valence-electron chi connectivity index (χ4n) is 8.00. The Balaban J connectivity index is 3.51. The maximum Gasteiger partial charge on any atom is 0.220 e. The molecule has 0 aliphatic carbocycles. The zero-order valence-corrected chi connectivity index (χ0v) is 38.2. The Morgan fingerprint density at radius 2 is 0.679 bits per heavy atom. The van der Waals surface area contributed by atoms with Crippen molar-refractivity contribution in [2.45, 2.75) is 296 Å². The SMILES string of the molecule is CCCCCCCCCCCCCC/C=C\CCCCCCCCCCC(=O)NC(CO)C(O)/C=C/CCCCCCCCCCCCCCCCCCCC. The first-order chi connectivity index (χ1) is 27.7. The highest BCUT2D eigenvalue weighted by molar-refractivity contribution is 5.76. The summed E-state index contributed by atoms with van der Waals surface area (Å²) in [6.07, 6.45) is 63.1. The smallest absolute Gasteiger partial charge is 0.220 e. The number of rotatable bonds is 47. The molecule has 1 amide bonds. The van der Waals surface area contributed by atoms with Gasteiger partial charge in [-0.3, -0.25) is 4.79 Å². The minimum absolute atomic E-state index is 0.0631. The first-order valence-electron chi connectivity index (χ1n) is 25.6. The normalized spacial score (nSPS) is 13.0. The molecule has 0 bridgehead atoms. The molecular weight excluding hydrogens is 687 g/mol. The molecule has 56 heavy (non-hydrogen) atoms. The number of hydrogen-bond donors (Lipinski definition) is 3. The largest absolute Gasteiger partial charge is 0.394 e. The van der Waals surface area contributed by atoms with E-state index in [0.29, 0.717) is 6.42 Å². The number of allylic oxidation sites excluding steroid dienone is 3. The third-order valence-corrected chi connectivity index (χ3v) is 11.9. The van der Waals surface area contributed by atoms with Gasteiger partial charge >= 0.3 is 0 Å². The molecule has 0 aromatic heterocycles. The lowest BCUT2D eigenvalue weighted by atomic mass is 10.0. The van der Waals surface area contributed by atoms with E-state index in [0.717, 1.165) is 25.7 Å². The highest BCUT2D eigenvalue weighted by atomic mass is 16.3. The molecule has 0 fully saturated rings. The molecule has 0 rings (SSSR count). The molecule has 0 heterocycles. The van der Waals surface area contributed by atoms with Gasteiger partial charge in [-0.15, -0.1) is 0 Å². The average Bonchev–Trinajstić information content (AvgIpc) is 3.20. The zero-order valence-electron chi connectivity index (χ0n) is 38.2. The van der Waals surface area contributed by atoms with Crippen LogP contribution in [-0.2, 0) is 4.79 Å². The van der Waals surface area contributed by atoms with Gasteiger partial charge in [-0.2, -0.15) is 0 Å². The Bertz CT molecular complexity index is 810. The Morgan fingerprint density at radius 1 is 0.411 bits per heavy atom. The average molecular weight is 788 g/mol. The fraction of sp³-hybridized carbons (Fsp3) is 0.904. The molecule has 0 aromatic rings. The minimum Gasteiger partial charge on any atom is -0.394 e. The van der Waals surface area contributed by atoms with Crippen molar-refractivity contribution in [3.8, 4) is 0 Å². The van der Waals surface area contributed by atoms with Crippen LogP contribution in [0.2, 0.25) is 0 Å². The molecule has 0 saturated heterocycles. The summed E-state index contributed by atoms with van der Waals surface area (Å²) in [5.74, 6) is -0.0631. The van der Waals surface area contributed by atoms with Crippen molar-refractivity contribution in [2.75, 3.05) is 6.61 Å². The summed E-state index contributed by atoms with van der Waals surface area (Å²) in [7, 11) is 0. The van der Waals surface area contributed by atoms with Crippen LogP contribution in [0, 0.1) is 0 Å². The molecule has 2 atom stereocenters. The summed E-state index contributed by atoms with van der Waals surface area (Å²) < 4.78 is 0. The topological polar surface area (TPSA) is 69.6 Å². The molecule has 0 spiro atoms. The monoisotopic (exact) mass is 788 g/mol. The first kappa shape index (κ1) is 54.9. The Kier molecular flexibility index (Phi) is 47.3. The lowest BCUT2D eigenvalue weighted by molar-refractivity contribution is -0.123. The van der Waals surface area contributed by atoms with Gasteiger partial charge in [-0.25, -0.2) is 0 Å². The van der Waals surface area contributed by atoms with Crippen LogP contribution in [0.15, 0.2) is 24.3 Å². The number of hydrogen-bond acceptors (Lipinski definition) is 3. The van der Waals surface area contributed by atoms with Gasteiger partial charge in [-0.05, 0) is 44.9 Å². The van der Waals surface area contributed by atoms with Gasteiger partial charge in [0, 0.05) is 6.42 Å². The molecule has 0 aliphatic rings. The van der Waals surface area contributed by atoms with Gasteiger partial charge in [0.2, 0.25) is 5.91 Å². The van der Waals surface area contributed by atoms with Crippen molar-refractivity contribution in [2.24, 2.45) is 0 Å². The van der Waals surface area contributed by atoms with E-state index in [9.17, 15) is 15.0 Å². The lowest BCUT2D eigenvalue weighted by Crippen LogP contribution is -2.45. The Morgan fingerprint density at radius 3 is 0.982 bits per heavy atom. The van der Waals surface area contributed by atoms with E-state index in [1.54, 1.807) is 6.08 Å². The van der Waals surface area contributed by atoms with Crippen LogP contribution in [0.25, 0.3) is 0 Å². The predicted molar refractivity (Wildman–Crippen MR) is 249 cm³/mol. The van der Waals surface area contributed by atoms with Crippen LogP contribution >= 0.6 is 0 Å². The minimum atomic E-state index is -0.839. The summed E-state index contributed by atoms with van der Waals surface area (Å²) in [6.45, 7) is 4.34. The van der Waals surface area contributed by atoms with Crippen molar-refractivity contribution in [3.63, 3.8) is 0 Å². The first-order valence-corrected chi connectivity index (χ1v) is 25.6. The van der Waals surface area contributed by atoms with Crippen LogP contribution in [-0.4, -0.2) is 34.9 Å². The standard InChI is InChI=1S/C52H101NO3/c1-3-5-7-9-11-13-15-17-19-21-23-25-26-27-28-30-32-34-36-38-40-42-44-46-48-52(56)53-50(49-54)51(55)47-45-43-41-39-37-35-33-31-29-24-22-20-18-16-14-12-10-8-6-4-2/h27-28,45,47,50-51,54-55H,3-26,29-44,46,48-49H2,1-2H3,(H,53,56)/b28-27-,47-45+. The summed E-state index contributed by atoms with van der Waals surface area (Å²) in [5, 5.41) is 23.1. The van der Waals surface area contributed by atoms with Crippen LogP contribution in [0.4, 0.5) is 0 Å². The highest BCUT2D eigenvalue weighted by Gasteiger charge is 2.18. The Labute approximate surface area is 351 Å². The number of aliphatic hydroxyl groups is 2. The molecular formula is C52H101NO3. The van der Waals surface area contributed by atoms with E-state index < -0.39 is 12.1 Å². The maximum atomic E-state index is 12.4. The fourth-order valence-corrected chi connectivity index (χ4v) is 8.00. The number of carbonyl (C=O) groups excluding carboxylic acids is 1. The molecule has 4 heteroatoms. The van der Waals surface area contributed by atoms with E-state index in [-0.39, 0.29) is 12.5 Å². The molecule has 2 unspecified atom stereocenters. The quantitative estimate of drug-likeness (QED) is 0.0425. The summed E-state index contributed by atoms with van der Waals surface area (Å²) in [5.41, 5.74) is 0. The highest BCUT2D eigenvalue weighted by Crippen LogP contribution is 2.16. The molecule has 4 nitrogen and oxygen atoms in total. The van der Waals surface area contributed by atoms with Gasteiger partial charge in [-0.1, -0.05) is 256 Å². The number of nitrogens with one attached hydrogen (secondary N) is 1. The molecule has 332 valence electrons. The number of amides is 1. The van der Waals surface area contributed by atoms with Crippen molar-refractivity contribution < 1.29 is 15.0 Å². The molecule has 3 N–H and O–H groups in total. The lowest BCUT2D eigenvalue weighted by Gasteiger charge is -2.20. The van der Waals surface area contributed by atoms with Crippen LogP contribution in [0.3, 0.4) is 0 Å². The van der Waals surface area contributed by atoms with Crippen LogP contribution < -0.4 is 5.32 Å². The van der Waals surface area contributed by atoms with Gasteiger partial charge in [0.25, 0.3) is 0 Å². The van der Waals surface area contributed by atoms with Crippen LogP contribution in [0.1, 0.15) is 284 Å². The van der Waals surface area contributed by atoms with Crippen molar-refractivity contribution in [1.29, 1.82) is 0 Å². The number of carbonyl (C=O) groups is 1. The van der Waals surface area contributed by atoms with Crippen molar-refractivity contribution >= 4 is 5.91 Å². The summed E-state index contributed by atoms with van der Waals surface area (Å²) >= 11 is 0. The van der Waals surface area contributed by atoms with Crippen molar-refractivity contribution in [1.82, 2.24) is 5.32 Å². The number of unbranched alkanes of at least 4 members (excludes halogenated alkanes) is 38. The molecule has 0 saturated carbocycles. The van der Waals surface area contributed by atoms with E-state index in [4.69, 9.17) is 0 Å². The predicted octanol–water partition coefficient (Wildman–Crippen LogP) is 16.4. The summed E-state index contributed by atoms with van der Waals surface area (Å²) in [4.78, 5) is 12.4. The van der Waals surface area contributed by atoms with Crippen molar-refractivity contribution in [3.05, 3.63) is 24.3 Å². The van der Waals surface area contributed by atoms with Gasteiger partial charge in [0.1, 0.15) is 0 Å². The molecule has 0 radical (unpaired) electrons. The molecule has 0 aromatic carbocycles. The maximum absolute atomic E-state index is 12.4. The number of aliphatic hydroxyl groups excluding tert-OH is 2. The Hall–Kier alpha value is -1.13. The summed E-state index contributed by atoms with van der Waals surface area (Å²) in [6, 6.07) is -0.622. The van der Waals surface area contributed by atoms with Gasteiger partial charge in [0.15, 0.2) is 0 Å². The van der Waals surface area contributed by atoms with E-state index in [1.807, 2.05) is 6.08 Å². The van der Waals surface area contributed by atoms with Crippen LogP contribution in [0.5, 0.6) is 0 Å². The zero-order chi connectivity index (χ0) is 40.7. The second-order valence-electron chi connectivity index (χ2n) is 17.6. The van der Waals surface area contributed by atoms with E-state index in [1.165, 1.54) is 238 Å².